The summed E-state index contributed by atoms with van der Waals surface area (Å²) in [6.07, 6.45) is 5.08. The lowest BCUT2D eigenvalue weighted by atomic mass is 10.0. The van der Waals surface area contributed by atoms with Gasteiger partial charge in [-0.15, -0.1) is 0 Å². The minimum Gasteiger partial charge on any atom is -0.366 e. The molecule has 16 heteroatoms. The van der Waals surface area contributed by atoms with Crippen molar-refractivity contribution in [2.75, 3.05) is 10.6 Å². The Kier molecular flexibility index (Phi) is 11.0. The lowest BCUT2D eigenvalue weighted by Gasteiger charge is -2.13. The van der Waals surface area contributed by atoms with Crippen LogP contribution in [0.5, 0.6) is 0 Å². The molecule has 308 valence electrons. The van der Waals surface area contributed by atoms with Gasteiger partial charge in [-0.05, 0) is 113 Å². The fourth-order valence-electron chi connectivity index (χ4n) is 8.20. The van der Waals surface area contributed by atoms with Crippen LogP contribution in [0.15, 0.2) is 66.7 Å². The van der Waals surface area contributed by atoms with Gasteiger partial charge >= 0.3 is 0 Å². The van der Waals surface area contributed by atoms with Gasteiger partial charge in [0.25, 0.3) is 11.8 Å². The van der Waals surface area contributed by atoms with E-state index in [9.17, 15) is 19.2 Å². The second kappa shape index (κ2) is 16.6. The standard InChI is InChI=1S/C44H48N12O4/c1-4-55-38-32(27(3)52-55)13-6-5-7-20-56-37(22-26(2)51-56)41(59)49-43-47-34-25-31(40(46)58)15-17-36(34)54(43)21-18-29-11-8-10-28(23-29)12-9-19-53-35-16-14-30(39(45)57)24-33(35)48-44(53)50-42(38)60/h8,10-11,14-17,22-25H,4-7,9,12-13,18-21H2,1-3H3,(H2,45,57)(H2,46,58)(H,47,49,59)(H,48,50,60). The molecule has 0 aliphatic carbocycles. The first-order chi connectivity index (χ1) is 29.0. The van der Waals surface area contributed by atoms with Gasteiger partial charge in [0.05, 0.1) is 33.5 Å². The molecular weight excluding hydrogens is 761 g/mol. The molecule has 4 amide bonds. The topological polar surface area (TPSA) is 216 Å². The van der Waals surface area contributed by atoms with E-state index in [1.807, 2.05) is 48.1 Å². The predicted molar refractivity (Wildman–Crippen MR) is 228 cm³/mol. The van der Waals surface area contributed by atoms with E-state index in [0.29, 0.717) is 90.2 Å². The van der Waals surface area contributed by atoms with Crippen LogP contribution < -0.4 is 22.1 Å². The number of nitrogens with one attached hydrogen (secondary N) is 2. The smallest absolute Gasteiger partial charge is 0.276 e. The maximum Gasteiger partial charge on any atom is 0.276 e. The summed E-state index contributed by atoms with van der Waals surface area (Å²) < 4.78 is 7.41. The normalized spacial score (nSPS) is 14.6. The molecule has 7 aromatic rings. The van der Waals surface area contributed by atoms with Gasteiger partial charge < -0.3 is 20.6 Å². The van der Waals surface area contributed by atoms with Gasteiger partial charge in [0.2, 0.25) is 23.7 Å². The van der Waals surface area contributed by atoms with E-state index in [2.05, 4.69) is 33.9 Å². The van der Waals surface area contributed by atoms with Gasteiger partial charge in [0, 0.05) is 42.9 Å². The third-order valence-electron chi connectivity index (χ3n) is 11.2. The Morgan fingerprint density at radius 1 is 0.683 bits per heavy atom. The molecule has 1 aliphatic heterocycles. The lowest BCUT2D eigenvalue weighted by molar-refractivity contribution is 0.0992. The Labute approximate surface area is 346 Å². The van der Waals surface area contributed by atoms with Gasteiger partial charge in [-0.3, -0.25) is 39.2 Å². The Morgan fingerprint density at radius 2 is 1.32 bits per heavy atom. The third-order valence-corrected chi connectivity index (χ3v) is 11.2. The molecule has 0 spiro atoms. The zero-order valence-electron chi connectivity index (χ0n) is 34.0. The summed E-state index contributed by atoms with van der Waals surface area (Å²) in [5.41, 5.74) is 20.0. The van der Waals surface area contributed by atoms with Crippen LogP contribution in [0.2, 0.25) is 0 Å². The maximum atomic E-state index is 14.2. The number of aromatic nitrogens is 8. The summed E-state index contributed by atoms with van der Waals surface area (Å²) in [7, 11) is 0. The van der Waals surface area contributed by atoms with E-state index in [-0.39, 0.29) is 11.8 Å². The van der Waals surface area contributed by atoms with Crippen LogP contribution in [0, 0.1) is 13.8 Å². The SMILES string of the molecule is CCn1nc(C)c2c1C(=O)Nc1nc3cc(C(N)=O)ccc3n1CCCc1cccc(c1)CCn1c(nc3cc(C(N)=O)ccc31)NC(=O)c1cc(C)nn1CCCCC2. The monoisotopic (exact) mass is 808 g/mol. The summed E-state index contributed by atoms with van der Waals surface area (Å²) in [5.74, 6) is -1.02. The van der Waals surface area contributed by atoms with E-state index in [1.54, 1.807) is 39.7 Å². The first-order valence-corrected chi connectivity index (χ1v) is 20.4. The van der Waals surface area contributed by atoms with Crippen LogP contribution in [-0.2, 0) is 45.4 Å². The molecular formula is C44H48N12O4. The number of fused-ring (bicyclic) bond motifs is 10. The number of nitrogens with zero attached hydrogens (tertiary/aromatic N) is 8. The van der Waals surface area contributed by atoms with E-state index >= 15 is 0 Å². The zero-order chi connectivity index (χ0) is 42.1. The van der Waals surface area contributed by atoms with Crippen molar-refractivity contribution in [2.24, 2.45) is 11.5 Å². The molecule has 2 bridgehead atoms. The number of carbonyl (C=O) groups is 4. The number of amides is 4. The largest absolute Gasteiger partial charge is 0.366 e. The fraction of sp³-hybridized carbons (Fsp3) is 0.318. The fourth-order valence-corrected chi connectivity index (χ4v) is 8.20. The van der Waals surface area contributed by atoms with Crippen LogP contribution in [0.4, 0.5) is 11.9 Å². The number of anilines is 2. The van der Waals surface area contributed by atoms with Crippen LogP contribution >= 0.6 is 0 Å². The number of aryl methyl sites for hydroxylation is 8. The van der Waals surface area contributed by atoms with Gasteiger partial charge in [-0.25, -0.2) is 9.97 Å². The van der Waals surface area contributed by atoms with E-state index in [1.165, 1.54) is 0 Å². The first kappa shape index (κ1) is 39.7. The molecule has 0 unspecified atom stereocenters. The number of benzene rings is 3. The average Bonchev–Trinajstić information content (AvgIpc) is 3.97. The van der Waals surface area contributed by atoms with Crippen molar-refractivity contribution < 1.29 is 19.2 Å². The van der Waals surface area contributed by atoms with Gasteiger partial charge in [0.1, 0.15) is 11.4 Å². The number of hydrogen-bond donors (Lipinski definition) is 4. The molecule has 4 aromatic heterocycles. The Morgan fingerprint density at radius 3 is 1.97 bits per heavy atom. The molecule has 0 fully saturated rings. The van der Waals surface area contributed by atoms with Gasteiger partial charge in [0.15, 0.2) is 0 Å². The number of imidazole rings is 2. The Bertz CT molecular complexity index is 2810. The highest BCUT2D eigenvalue weighted by Gasteiger charge is 2.24. The highest BCUT2D eigenvalue weighted by Crippen LogP contribution is 2.27. The van der Waals surface area contributed by atoms with Crippen molar-refractivity contribution in [3.63, 3.8) is 0 Å². The lowest BCUT2D eigenvalue weighted by Crippen LogP contribution is -2.21. The van der Waals surface area contributed by atoms with Crippen LogP contribution in [-0.4, -0.2) is 62.3 Å². The van der Waals surface area contributed by atoms with E-state index in [4.69, 9.17) is 26.5 Å². The molecule has 0 saturated heterocycles. The van der Waals surface area contributed by atoms with Crippen LogP contribution in [0.1, 0.15) is 102 Å². The Balaban J connectivity index is 1.15. The number of carbonyl (C=O) groups excluding carboxylic acids is 4. The second-order valence-electron chi connectivity index (χ2n) is 15.3. The zero-order valence-corrected chi connectivity index (χ0v) is 34.0. The quantitative estimate of drug-likeness (QED) is 0.173. The molecule has 3 aromatic carbocycles. The van der Waals surface area contributed by atoms with Gasteiger partial charge in [-0.1, -0.05) is 30.7 Å². The van der Waals surface area contributed by atoms with Crippen molar-refractivity contribution in [1.29, 1.82) is 0 Å². The summed E-state index contributed by atoms with van der Waals surface area (Å²) in [5, 5.41) is 15.5. The predicted octanol–water partition coefficient (Wildman–Crippen LogP) is 5.72. The summed E-state index contributed by atoms with van der Waals surface area (Å²) in [4.78, 5) is 61.9. The number of rotatable bonds is 3. The molecule has 16 nitrogen and oxygen atoms in total. The molecule has 0 atom stereocenters. The molecule has 1 aliphatic rings. The van der Waals surface area contributed by atoms with Crippen molar-refractivity contribution in [2.45, 2.75) is 91.9 Å². The Hall–Kier alpha value is -7.10. The summed E-state index contributed by atoms with van der Waals surface area (Å²) in [6.45, 7) is 7.80. The molecule has 6 N–H and O–H groups in total. The van der Waals surface area contributed by atoms with E-state index < -0.39 is 11.8 Å². The van der Waals surface area contributed by atoms with Crippen molar-refractivity contribution in [1.82, 2.24) is 38.7 Å². The minimum atomic E-state index is -0.559. The summed E-state index contributed by atoms with van der Waals surface area (Å²) >= 11 is 0. The summed E-state index contributed by atoms with van der Waals surface area (Å²) in [6, 6.07) is 20.4. The number of hydrogen-bond acceptors (Lipinski definition) is 8. The first-order valence-electron chi connectivity index (χ1n) is 20.4. The van der Waals surface area contributed by atoms with Crippen LogP contribution in [0.25, 0.3) is 22.1 Å². The molecule has 0 saturated carbocycles. The van der Waals surface area contributed by atoms with Crippen molar-refractivity contribution in [3.05, 3.63) is 117 Å². The number of nitrogens with two attached hydrogens (primary N) is 2. The minimum absolute atomic E-state index is 0.305. The number of primary amides is 2. The molecule has 5 heterocycles. The van der Waals surface area contributed by atoms with Crippen LogP contribution in [0.3, 0.4) is 0 Å². The molecule has 60 heavy (non-hydrogen) atoms. The highest BCUT2D eigenvalue weighted by atomic mass is 16.2. The van der Waals surface area contributed by atoms with Crippen molar-refractivity contribution >= 4 is 57.6 Å². The second-order valence-corrected chi connectivity index (χ2v) is 15.3. The average molecular weight is 809 g/mol. The van der Waals surface area contributed by atoms with Crippen molar-refractivity contribution in [3.8, 4) is 0 Å². The maximum absolute atomic E-state index is 14.2. The molecule has 0 radical (unpaired) electrons. The highest BCUT2D eigenvalue weighted by molar-refractivity contribution is 6.05. The molecule has 8 rings (SSSR count). The van der Waals surface area contributed by atoms with Gasteiger partial charge in [-0.2, -0.15) is 10.2 Å². The third kappa shape index (κ3) is 8.00. The van der Waals surface area contributed by atoms with E-state index in [0.717, 1.165) is 65.5 Å².